The average Bonchev–Trinajstić information content (AvgIpc) is 3.37. The number of nitrogens with zero attached hydrogens (tertiary/aromatic N) is 1. The number of ether oxygens (including phenoxy) is 2. The molecule has 0 radical (unpaired) electrons. The molecule has 228 valence electrons. The molecule has 0 aliphatic rings. The van der Waals surface area contributed by atoms with E-state index < -0.39 is 23.4 Å². The van der Waals surface area contributed by atoms with Crippen LogP contribution in [0.2, 0.25) is 10.0 Å². The summed E-state index contributed by atoms with van der Waals surface area (Å²) in [5, 5.41) is 18.0. The number of anilines is 1. The zero-order chi connectivity index (χ0) is 32.0. The molecule has 0 aliphatic carbocycles. The molecule has 4 N–H and O–H groups in total. The molecule has 3 aromatic carbocycles. The predicted molar refractivity (Wildman–Crippen MR) is 165 cm³/mol. The van der Waals surface area contributed by atoms with E-state index in [1.807, 2.05) is 6.07 Å². The number of amides is 3. The fourth-order valence-corrected chi connectivity index (χ4v) is 4.44. The van der Waals surface area contributed by atoms with E-state index in [1.54, 1.807) is 45.0 Å². The summed E-state index contributed by atoms with van der Waals surface area (Å²) in [6.45, 7) is 5.16. The minimum atomic E-state index is -0.783. The summed E-state index contributed by atoms with van der Waals surface area (Å²) in [5.41, 5.74) is 1.07. The molecule has 1 heterocycles. The lowest BCUT2D eigenvalue weighted by molar-refractivity contribution is -0.116. The summed E-state index contributed by atoms with van der Waals surface area (Å²) in [6, 6.07) is 15.7. The number of alkyl carbamates (subject to hydrolysis) is 1. The van der Waals surface area contributed by atoms with Crippen LogP contribution in [0.15, 0.2) is 54.6 Å². The predicted octanol–water partition coefficient (Wildman–Crippen LogP) is 7.06. The Kier molecular flexibility index (Phi) is 9.98. The highest BCUT2D eigenvalue weighted by atomic mass is 35.5. The van der Waals surface area contributed by atoms with Crippen molar-refractivity contribution in [2.45, 2.75) is 39.3 Å². The van der Waals surface area contributed by atoms with Crippen molar-refractivity contribution >= 4 is 57.7 Å². The third kappa shape index (κ3) is 8.63. The number of halogens is 3. The standard InChI is InChI=1S/C31H28Cl2FN5O5/c1-31(2,3)44-30(42)36-9-8-26(40)38-21-5-7-24-19(12-21)13-25(39-24)29(41)37-16-18-4-6-23(33)28(27(18)34)43-22-11-17(15-35)10-20(32)14-22/h4-7,10-14,39H,8-9,16H2,1-3H3,(H,36,42)(H,37,41)(H,38,40). The molecule has 0 fully saturated rings. The van der Waals surface area contributed by atoms with Gasteiger partial charge in [-0.2, -0.15) is 5.26 Å². The highest BCUT2D eigenvalue weighted by Crippen LogP contribution is 2.35. The Morgan fingerprint density at radius 2 is 1.80 bits per heavy atom. The van der Waals surface area contributed by atoms with E-state index in [1.165, 1.54) is 30.3 Å². The molecular weight excluding hydrogens is 612 g/mol. The molecule has 0 saturated carbocycles. The lowest BCUT2D eigenvalue weighted by atomic mass is 10.2. The van der Waals surface area contributed by atoms with Gasteiger partial charge in [-0.15, -0.1) is 0 Å². The zero-order valence-corrected chi connectivity index (χ0v) is 25.5. The summed E-state index contributed by atoms with van der Waals surface area (Å²) >= 11 is 12.2. The lowest BCUT2D eigenvalue weighted by Crippen LogP contribution is -2.34. The van der Waals surface area contributed by atoms with Gasteiger partial charge in [0, 0.05) is 46.7 Å². The van der Waals surface area contributed by atoms with Gasteiger partial charge in [0.2, 0.25) is 5.91 Å². The highest BCUT2D eigenvalue weighted by molar-refractivity contribution is 6.32. The second kappa shape index (κ2) is 13.7. The molecule has 0 aliphatic heterocycles. The maximum atomic E-state index is 15.3. The maximum Gasteiger partial charge on any atom is 0.407 e. The third-order valence-electron chi connectivity index (χ3n) is 5.96. The Labute approximate surface area is 262 Å². The molecule has 0 saturated heterocycles. The Balaban J connectivity index is 1.36. The second-order valence-corrected chi connectivity index (χ2v) is 11.5. The summed E-state index contributed by atoms with van der Waals surface area (Å²) in [7, 11) is 0. The molecule has 3 amide bonds. The molecule has 1 aromatic heterocycles. The molecule has 0 atom stereocenters. The van der Waals surface area contributed by atoms with E-state index in [9.17, 15) is 14.4 Å². The van der Waals surface area contributed by atoms with Crippen molar-refractivity contribution in [1.82, 2.24) is 15.6 Å². The van der Waals surface area contributed by atoms with Crippen molar-refractivity contribution in [3.05, 3.63) is 87.3 Å². The zero-order valence-electron chi connectivity index (χ0n) is 23.9. The molecule has 44 heavy (non-hydrogen) atoms. The largest absolute Gasteiger partial charge is 0.453 e. The number of aromatic nitrogens is 1. The van der Waals surface area contributed by atoms with E-state index in [0.717, 1.165) is 0 Å². The van der Waals surface area contributed by atoms with Crippen molar-refractivity contribution in [2.75, 3.05) is 11.9 Å². The first-order valence-corrected chi connectivity index (χ1v) is 14.1. The first-order chi connectivity index (χ1) is 20.8. The molecule has 4 aromatic rings. The Morgan fingerprint density at radius 1 is 1.02 bits per heavy atom. The van der Waals surface area contributed by atoms with Gasteiger partial charge in [0.1, 0.15) is 17.0 Å². The van der Waals surface area contributed by atoms with Gasteiger partial charge in [-0.25, -0.2) is 9.18 Å². The summed E-state index contributed by atoms with van der Waals surface area (Å²) in [4.78, 5) is 39.9. The topological polar surface area (TPSA) is 145 Å². The Morgan fingerprint density at radius 3 is 2.52 bits per heavy atom. The van der Waals surface area contributed by atoms with E-state index in [2.05, 4.69) is 20.9 Å². The van der Waals surface area contributed by atoms with Crippen molar-refractivity contribution in [3.8, 4) is 17.6 Å². The highest BCUT2D eigenvalue weighted by Gasteiger charge is 2.18. The van der Waals surface area contributed by atoms with Crippen molar-refractivity contribution in [2.24, 2.45) is 0 Å². The van der Waals surface area contributed by atoms with Crippen LogP contribution in [0, 0.1) is 17.1 Å². The summed E-state index contributed by atoms with van der Waals surface area (Å²) < 4.78 is 26.1. The van der Waals surface area contributed by atoms with E-state index in [-0.39, 0.29) is 63.8 Å². The van der Waals surface area contributed by atoms with Gasteiger partial charge in [0.05, 0.1) is 16.7 Å². The fraction of sp³-hybridized carbons (Fsp3) is 0.226. The van der Waals surface area contributed by atoms with E-state index >= 15 is 4.39 Å². The van der Waals surface area contributed by atoms with Gasteiger partial charge >= 0.3 is 6.09 Å². The normalized spacial score (nSPS) is 11.0. The van der Waals surface area contributed by atoms with E-state index in [0.29, 0.717) is 16.6 Å². The van der Waals surface area contributed by atoms with Crippen molar-refractivity contribution in [3.63, 3.8) is 0 Å². The maximum absolute atomic E-state index is 15.3. The number of benzene rings is 3. The number of hydrogen-bond acceptors (Lipinski definition) is 6. The van der Waals surface area contributed by atoms with Gasteiger partial charge in [-0.1, -0.05) is 29.3 Å². The molecule has 0 spiro atoms. The van der Waals surface area contributed by atoms with Crippen LogP contribution in [0.5, 0.6) is 11.5 Å². The van der Waals surface area contributed by atoms with Crippen LogP contribution in [-0.2, 0) is 16.1 Å². The Bertz CT molecular complexity index is 1780. The molecule has 0 unspecified atom stereocenters. The first-order valence-electron chi connectivity index (χ1n) is 13.3. The minimum absolute atomic E-state index is 0.00567. The number of nitriles is 1. The van der Waals surface area contributed by atoms with Crippen LogP contribution in [-0.4, -0.2) is 35.0 Å². The third-order valence-corrected chi connectivity index (χ3v) is 6.47. The lowest BCUT2D eigenvalue weighted by Gasteiger charge is -2.19. The average molecular weight is 640 g/mol. The van der Waals surface area contributed by atoms with Gasteiger partial charge in [0.15, 0.2) is 11.6 Å². The molecule has 4 rings (SSSR count). The monoisotopic (exact) mass is 639 g/mol. The van der Waals surface area contributed by atoms with Crippen molar-refractivity contribution < 1.29 is 28.2 Å². The number of aromatic amines is 1. The number of carbonyl (C=O) groups is 3. The van der Waals surface area contributed by atoms with Crippen LogP contribution in [0.25, 0.3) is 10.9 Å². The molecule has 10 nitrogen and oxygen atoms in total. The smallest absolute Gasteiger partial charge is 0.407 e. The Hall–Kier alpha value is -4.79. The number of rotatable bonds is 9. The summed E-state index contributed by atoms with van der Waals surface area (Å²) in [6.07, 6.45) is -0.573. The molecule has 13 heteroatoms. The van der Waals surface area contributed by atoms with Gasteiger partial charge in [-0.3, -0.25) is 9.59 Å². The van der Waals surface area contributed by atoms with Crippen LogP contribution < -0.4 is 20.7 Å². The fourth-order valence-electron chi connectivity index (χ4n) is 4.03. The van der Waals surface area contributed by atoms with Gasteiger partial charge < -0.3 is 30.4 Å². The van der Waals surface area contributed by atoms with Gasteiger partial charge in [-0.05, 0) is 69.3 Å². The number of carbonyl (C=O) groups excluding carboxylic acids is 3. The van der Waals surface area contributed by atoms with Crippen LogP contribution >= 0.6 is 23.2 Å². The quantitative estimate of drug-likeness (QED) is 0.154. The second-order valence-electron chi connectivity index (χ2n) is 10.6. The van der Waals surface area contributed by atoms with Gasteiger partial charge in [0.25, 0.3) is 5.91 Å². The number of hydrogen-bond donors (Lipinski definition) is 4. The van der Waals surface area contributed by atoms with E-state index in [4.69, 9.17) is 37.9 Å². The minimum Gasteiger partial charge on any atom is -0.453 e. The first kappa shape index (κ1) is 32.1. The van der Waals surface area contributed by atoms with Crippen LogP contribution in [0.1, 0.15) is 48.8 Å². The van der Waals surface area contributed by atoms with Crippen LogP contribution in [0.4, 0.5) is 14.9 Å². The SMILES string of the molecule is CC(C)(C)OC(=O)NCCC(=O)Nc1ccc2[nH]c(C(=O)NCc3ccc(Cl)c(Oc4cc(Cl)cc(C#N)c4)c3F)cc2c1. The number of fused-ring (bicyclic) bond motifs is 1. The molecular formula is C31H28Cl2FN5O5. The van der Waals surface area contributed by atoms with Crippen molar-refractivity contribution in [1.29, 1.82) is 5.26 Å². The molecule has 0 bridgehead atoms. The number of nitrogens with one attached hydrogen (secondary N) is 4. The number of H-pyrrole nitrogens is 1. The van der Waals surface area contributed by atoms with Crippen LogP contribution in [0.3, 0.4) is 0 Å². The summed E-state index contributed by atoms with van der Waals surface area (Å²) in [5.74, 6) is -1.74.